The molecule has 1 rings (SSSR count). The van der Waals surface area contributed by atoms with Gasteiger partial charge in [-0.1, -0.05) is 27.2 Å². The highest BCUT2D eigenvalue weighted by atomic mass is 16.5. The second-order valence-corrected chi connectivity index (χ2v) is 6.19. The zero-order valence-electron chi connectivity index (χ0n) is 13.0. The number of aliphatic carboxylic acids is 1. The van der Waals surface area contributed by atoms with Crippen LogP contribution < -0.4 is 0 Å². The van der Waals surface area contributed by atoms with Crippen LogP contribution in [0.25, 0.3) is 0 Å². The van der Waals surface area contributed by atoms with Crippen molar-refractivity contribution in [1.29, 1.82) is 0 Å². The monoisotopic (exact) mass is 285 g/mol. The van der Waals surface area contributed by atoms with Gasteiger partial charge in [-0.25, -0.2) is 4.79 Å². The molecule has 1 fully saturated rings. The highest BCUT2D eigenvalue weighted by Crippen LogP contribution is 2.36. The fraction of sp³-hybridized carbons (Fsp3) is 0.867. The number of carboxylic acids is 1. The van der Waals surface area contributed by atoms with Crippen molar-refractivity contribution in [2.75, 3.05) is 20.3 Å². The summed E-state index contributed by atoms with van der Waals surface area (Å²) in [6.45, 7) is 7.18. The Labute approximate surface area is 121 Å². The van der Waals surface area contributed by atoms with Gasteiger partial charge in [0.2, 0.25) is 0 Å². The van der Waals surface area contributed by atoms with Gasteiger partial charge in [0.1, 0.15) is 0 Å². The lowest BCUT2D eigenvalue weighted by Gasteiger charge is -2.43. The SMILES string of the molecule is COCCN(C(=O)C(=O)O)C1CC(C)CCC1C(C)C. The Hall–Kier alpha value is -1.10. The van der Waals surface area contributed by atoms with E-state index < -0.39 is 11.9 Å². The Balaban J connectivity index is 2.94. The fourth-order valence-electron chi connectivity index (χ4n) is 3.24. The summed E-state index contributed by atoms with van der Waals surface area (Å²) in [5.74, 6) is -0.833. The first-order chi connectivity index (χ1) is 9.38. The van der Waals surface area contributed by atoms with Crippen LogP contribution in [-0.2, 0) is 14.3 Å². The summed E-state index contributed by atoms with van der Waals surface area (Å²) in [6, 6.07) is 0.0116. The van der Waals surface area contributed by atoms with Gasteiger partial charge in [-0.05, 0) is 30.6 Å². The van der Waals surface area contributed by atoms with Crippen molar-refractivity contribution in [2.45, 2.75) is 46.1 Å². The Kier molecular flexibility index (Phi) is 6.46. The quantitative estimate of drug-likeness (QED) is 0.785. The highest BCUT2D eigenvalue weighted by molar-refractivity contribution is 6.31. The van der Waals surface area contributed by atoms with Gasteiger partial charge in [-0.3, -0.25) is 4.79 Å². The number of hydrogen-bond acceptors (Lipinski definition) is 3. The molecule has 5 heteroatoms. The molecule has 0 aromatic carbocycles. The molecule has 20 heavy (non-hydrogen) atoms. The van der Waals surface area contributed by atoms with Crippen LogP contribution in [0.4, 0.5) is 0 Å². The predicted molar refractivity (Wildman–Crippen MR) is 76.4 cm³/mol. The van der Waals surface area contributed by atoms with E-state index >= 15 is 0 Å². The average Bonchev–Trinajstić information content (AvgIpc) is 2.38. The number of methoxy groups -OCH3 is 1. The molecule has 0 saturated heterocycles. The topological polar surface area (TPSA) is 66.8 Å². The molecular weight excluding hydrogens is 258 g/mol. The average molecular weight is 285 g/mol. The molecule has 1 saturated carbocycles. The van der Waals surface area contributed by atoms with Crippen LogP contribution in [0, 0.1) is 17.8 Å². The van der Waals surface area contributed by atoms with Crippen molar-refractivity contribution >= 4 is 11.9 Å². The lowest BCUT2D eigenvalue weighted by molar-refractivity contribution is -0.159. The van der Waals surface area contributed by atoms with Gasteiger partial charge in [-0.15, -0.1) is 0 Å². The lowest BCUT2D eigenvalue weighted by atomic mass is 9.73. The first kappa shape index (κ1) is 17.0. The van der Waals surface area contributed by atoms with Gasteiger partial charge >= 0.3 is 11.9 Å². The summed E-state index contributed by atoms with van der Waals surface area (Å²) in [5.41, 5.74) is 0. The summed E-state index contributed by atoms with van der Waals surface area (Å²) in [7, 11) is 1.56. The van der Waals surface area contributed by atoms with Gasteiger partial charge in [0.25, 0.3) is 0 Å². The van der Waals surface area contributed by atoms with E-state index in [-0.39, 0.29) is 6.04 Å². The molecule has 0 radical (unpaired) electrons. The Morgan fingerprint density at radius 3 is 2.50 bits per heavy atom. The maximum atomic E-state index is 12.0. The Morgan fingerprint density at radius 2 is 2.00 bits per heavy atom. The number of amides is 1. The number of carbonyl (C=O) groups excluding carboxylic acids is 1. The van der Waals surface area contributed by atoms with E-state index in [0.717, 1.165) is 19.3 Å². The Morgan fingerprint density at radius 1 is 1.35 bits per heavy atom. The molecule has 0 aromatic heterocycles. The zero-order chi connectivity index (χ0) is 15.3. The molecule has 5 nitrogen and oxygen atoms in total. The molecule has 0 aromatic rings. The number of rotatable bonds is 5. The molecular formula is C15H27NO4. The summed E-state index contributed by atoms with van der Waals surface area (Å²) in [6.07, 6.45) is 3.09. The molecule has 1 aliphatic carbocycles. The van der Waals surface area contributed by atoms with Gasteiger partial charge in [-0.2, -0.15) is 0 Å². The van der Waals surface area contributed by atoms with Crippen LogP contribution in [0.15, 0.2) is 0 Å². The number of nitrogens with zero attached hydrogens (tertiary/aromatic N) is 1. The molecule has 1 amide bonds. The third-order valence-corrected chi connectivity index (χ3v) is 4.37. The van der Waals surface area contributed by atoms with Gasteiger partial charge < -0.3 is 14.7 Å². The first-order valence-corrected chi connectivity index (χ1v) is 7.41. The van der Waals surface area contributed by atoms with E-state index in [1.807, 2.05) is 0 Å². The molecule has 0 heterocycles. The molecule has 0 spiro atoms. The molecule has 3 atom stereocenters. The summed E-state index contributed by atoms with van der Waals surface area (Å²) in [4.78, 5) is 24.6. The number of carboxylic acid groups (broad SMARTS) is 1. The van der Waals surface area contributed by atoms with Crippen LogP contribution >= 0.6 is 0 Å². The van der Waals surface area contributed by atoms with Gasteiger partial charge in [0.15, 0.2) is 0 Å². The van der Waals surface area contributed by atoms with Gasteiger partial charge in [0.05, 0.1) is 6.61 Å². The second kappa shape index (κ2) is 7.62. The van der Waals surface area contributed by atoms with Crippen LogP contribution in [0.2, 0.25) is 0 Å². The third-order valence-electron chi connectivity index (χ3n) is 4.37. The van der Waals surface area contributed by atoms with E-state index in [9.17, 15) is 9.59 Å². The fourth-order valence-corrected chi connectivity index (χ4v) is 3.24. The van der Waals surface area contributed by atoms with Crippen LogP contribution in [0.5, 0.6) is 0 Å². The van der Waals surface area contributed by atoms with Crippen molar-refractivity contribution in [2.24, 2.45) is 17.8 Å². The van der Waals surface area contributed by atoms with Crippen LogP contribution in [0.1, 0.15) is 40.0 Å². The normalized spacial score (nSPS) is 26.6. The first-order valence-electron chi connectivity index (χ1n) is 7.41. The second-order valence-electron chi connectivity index (χ2n) is 6.19. The van der Waals surface area contributed by atoms with E-state index in [1.165, 1.54) is 4.90 Å². The van der Waals surface area contributed by atoms with Crippen molar-refractivity contribution < 1.29 is 19.4 Å². The van der Waals surface area contributed by atoms with Crippen molar-refractivity contribution in [3.05, 3.63) is 0 Å². The maximum absolute atomic E-state index is 12.0. The summed E-state index contributed by atoms with van der Waals surface area (Å²) >= 11 is 0. The van der Waals surface area contributed by atoms with Crippen LogP contribution in [-0.4, -0.2) is 48.2 Å². The zero-order valence-corrected chi connectivity index (χ0v) is 13.0. The minimum Gasteiger partial charge on any atom is -0.474 e. The minimum atomic E-state index is -1.37. The molecule has 0 aliphatic heterocycles. The van der Waals surface area contributed by atoms with E-state index in [0.29, 0.717) is 30.9 Å². The van der Waals surface area contributed by atoms with E-state index in [1.54, 1.807) is 7.11 Å². The van der Waals surface area contributed by atoms with Gasteiger partial charge in [0, 0.05) is 19.7 Å². The molecule has 1 N–H and O–H groups in total. The summed E-state index contributed by atoms with van der Waals surface area (Å²) < 4.78 is 5.03. The van der Waals surface area contributed by atoms with Crippen molar-refractivity contribution in [3.8, 4) is 0 Å². The van der Waals surface area contributed by atoms with E-state index in [4.69, 9.17) is 9.84 Å². The van der Waals surface area contributed by atoms with E-state index in [2.05, 4.69) is 20.8 Å². The van der Waals surface area contributed by atoms with Crippen LogP contribution in [0.3, 0.4) is 0 Å². The van der Waals surface area contributed by atoms with Crippen molar-refractivity contribution in [1.82, 2.24) is 4.90 Å². The minimum absolute atomic E-state index is 0.0116. The molecule has 3 unspecified atom stereocenters. The molecule has 1 aliphatic rings. The standard InChI is InChI=1S/C15H27NO4/c1-10(2)12-6-5-11(3)9-13(12)16(7-8-20-4)14(17)15(18)19/h10-13H,5-9H2,1-4H3,(H,18,19). The lowest BCUT2D eigenvalue weighted by Crippen LogP contribution is -2.52. The van der Waals surface area contributed by atoms with Crippen molar-refractivity contribution in [3.63, 3.8) is 0 Å². The smallest absolute Gasteiger partial charge is 0.394 e. The molecule has 116 valence electrons. The predicted octanol–water partition coefficient (Wildman–Crippen LogP) is 2.01. The number of hydrogen-bond donors (Lipinski definition) is 1. The number of carbonyl (C=O) groups is 2. The summed E-state index contributed by atoms with van der Waals surface area (Å²) in [5, 5.41) is 9.04. The Bertz CT molecular complexity index is 343. The number of ether oxygens (including phenoxy) is 1. The third kappa shape index (κ3) is 4.20. The maximum Gasteiger partial charge on any atom is 0.394 e. The molecule has 0 bridgehead atoms. The largest absolute Gasteiger partial charge is 0.474 e. The highest BCUT2D eigenvalue weighted by Gasteiger charge is 2.38.